The number of fused-ring (bicyclic) bond motifs is 1. The highest BCUT2D eigenvalue weighted by Crippen LogP contribution is 2.39. The Morgan fingerprint density at radius 1 is 1.31 bits per heavy atom. The van der Waals surface area contributed by atoms with Gasteiger partial charge >= 0.3 is 6.09 Å². The number of H-pyrrole nitrogens is 1. The molecule has 10 nitrogen and oxygen atoms in total. The molecule has 13 heteroatoms. The Labute approximate surface area is 204 Å². The van der Waals surface area contributed by atoms with E-state index in [1.807, 2.05) is 6.92 Å². The van der Waals surface area contributed by atoms with E-state index in [4.69, 9.17) is 4.74 Å². The first-order valence-electron chi connectivity index (χ1n) is 12.0. The lowest BCUT2D eigenvalue weighted by atomic mass is 10.0. The predicted octanol–water partition coefficient (Wildman–Crippen LogP) is 3.51. The smallest absolute Gasteiger partial charge is 0.407 e. The normalized spacial score (nSPS) is 26.5. The second-order valence-corrected chi connectivity index (χ2v) is 10.3. The van der Waals surface area contributed by atoms with Crippen LogP contribution in [0, 0.1) is 0 Å². The molecule has 0 aromatic carbocycles. The summed E-state index contributed by atoms with van der Waals surface area (Å²) in [7, 11) is 0. The lowest BCUT2D eigenvalue weighted by molar-refractivity contribution is -0.134. The minimum atomic E-state index is -2.63. The molecule has 2 aliphatic carbocycles. The Morgan fingerprint density at radius 3 is 2.86 bits per heavy atom. The lowest BCUT2D eigenvalue weighted by Gasteiger charge is -2.38. The number of imidazole rings is 1. The largest absolute Gasteiger partial charge is 0.443 e. The third kappa shape index (κ3) is 4.59. The van der Waals surface area contributed by atoms with Gasteiger partial charge in [-0.2, -0.15) is 5.10 Å². The van der Waals surface area contributed by atoms with Gasteiger partial charge in [-0.25, -0.2) is 27.9 Å². The van der Waals surface area contributed by atoms with E-state index in [2.05, 4.69) is 30.8 Å². The van der Waals surface area contributed by atoms with Crippen LogP contribution >= 0.6 is 0 Å². The second kappa shape index (κ2) is 8.36. The number of aromatic nitrogens is 5. The average Bonchev–Trinajstić information content (AvgIpc) is 3.14. The topological polar surface area (TPSA) is 112 Å². The number of ether oxygens (including phenoxy) is 1. The van der Waals surface area contributed by atoms with Gasteiger partial charge in [-0.15, -0.1) is 0 Å². The van der Waals surface area contributed by atoms with Crippen LogP contribution < -0.4 is 10.6 Å². The number of halogens is 3. The molecule has 3 aliphatic rings. The molecule has 3 atom stereocenters. The van der Waals surface area contributed by atoms with E-state index >= 15 is 4.39 Å². The highest BCUT2D eigenvalue weighted by molar-refractivity contribution is 5.69. The third-order valence-corrected chi connectivity index (χ3v) is 7.13. The number of rotatable bonds is 7. The van der Waals surface area contributed by atoms with E-state index in [-0.39, 0.29) is 18.6 Å². The summed E-state index contributed by atoms with van der Waals surface area (Å²) in [5, 5.41) is 13.0. The van der Waals surface area contributed by atoms with Gasteiger partial charge in [-0.3, -0.25) is 14.4 Å². The molecule has 6 rings (SSSR count). The third-order valence-electron chi connectivity index (χ3n) is 7.13. The standard InChI is InChI=1S/C23H27F3N8O2/c1-22(5-6-22)30-21(35)36-16-3-2-14(19(16)24)15-8-17(32-31-15)29-20-27-7-4-18-28-13(10-34(18)20)9-33-11-23(25,26)12-33/h4,7-8,10,14,16,19H,2-3,5-6,9,11-12H2,1H3,(H,30,35)(H2,27,29,31,32)/t14-,16-,19-/m1/s1. The van der Waals surface area contributed by atoms with Crippen LogP contribution in [0.4, 0.5) is 29.7 Å². The molecule has 3 aromatic rings. The number of likely N-dealkylation sites (tertiary alicyclic amines) is 1. The maximum Gasteiger partial charge on any atom is 0.407 e. The first kappa shape index (κ1) is 23.1. The highest BCUT2D eigenvalue weighted by atomic mass is 19.3. The van der Waals surface area contributed by atoms with E-state index in [0.717, 1.165) is 12.8 Å². The van der Waals surface area contributed by atoms with Gasteiger partial charge in [0.25, 0.3) is 5.92 Å². The molecule has 3 N–H and O–H groups in total. The second-order valence-electron chi connectivity index (χ2n) is 10.3. The summed E-state index contributed by atoms with van der Waals surface area (Å²) in [5.74, 6) is -2.22. The van der Waals surface area contributed by atoms with E-state index < -0.39 is 30.2 Å². The van der Waals surface area contributed by atoms with Crippen LogP contribution in [-0.2, 0) is 11.3 Å². The van der Waals surface area contributed by atoms with Crippen molar-refractivity contribution >= 4 is 23.5 Å². The van der Waals surface area contributed by atoms with E-state index in [0.29, 0.717) is 48.2 Å². The van der Waals surface area contributed by atoms with Gasteiger partial charge < -0.3 is 15.4 Å². The van der Waals surface area contributed by atoms with Gasteiger partial charge in [0.05, 0.1) is 18.8 Å². The molecule has 1 amide bonds. The fraction of sp³-hybridized carbons (Fsp3) is 0.565. The minimum Gasteiger partial charge on any atom is -0.443 e. The average molecular weight is 505 g/mol. The van der Waals surface area contributed by atoms with E-state index in [1.165, 1.54) is 0 Å². The number of carbonyl (C=O) groups is 1. The van der Waals surface area contributed by atoms with Crippen LogP contribution in [0.1, 0.15) is 49.9 Å². The zero-order valence-corrected chi connectivity index (χ0v) is 19.7. The molecular formula is C23H27F3N8O2. The summed E-state index contributed by atoms with van der Waals surface area (Å²) in [4.78, 5) is 22.5. The molecule has 2 saturated carbocycles. The van der Waals surface area contributed by atoms with Crippen molar-refractivity contribution < 1.29 is 22.7 Å². The fourth-order valence-corrected chi connectivity index (χ4v) is 4.89. The van der Waals surface area contributed by atoms with Crippen LogP contribution in [0.3, 0.4) is 0 Å². The molecule has 0 spiro atoms. The summed E-state index contributed by atoms with van der Waals surface area (Å²) in [6.45, 7) is 1.72. The number of carbonyl (C=O) groups excluding carboxylic acids is 1. The number of hydrogen-bond acceptors (Lipinski definition) is 7. The van der Waals surface area contributed by atoms with Crippen molar-refractivity contribution in [1.82, 2.24) is 34.8 Å². The van der Waals surface area contributed by atoms with Gasteiger partial charge in [0.1, 0.15) is 17.9 Å². The number of alkyl carbamates (subject to hydrolysis) is 1. The SMILES string of the molecule is CC1(NC(=O)O[C@@H]2CC[C@H](c3cc(Nc4nccc5nc(CN6CC(F)(F)C6)cn45)n[nH]3)[C@H]2F)CC1. The molecule has 0 radical (unpaired) electrons. The van der Waals surface area contributed by atoms with Gasteiger partial charge in [0.2, 0.25) is 5.95 Å². The molecule has 36 heavy (non-hydrogen) atoms. The van der Waals surface area contributed by atoms with Crippen LogP contribution in [0.25, 0.3) is 5.65 Å². The molecule has 3 fully saturated rings. The van der Waals surface area contributed by atoms with Crippen LogP contribution in [0.15, 0.2) is 24.5 Å². The minimum absolute atomic E-state index is 0.221. The number of hydrogen-bond donors (Lipinski definition) is 3. The molecule has 192 valence electrons. The number of aromatic amines is 1. The molecule has 0 unspecified atom stereocenters. The van der Waals surface area contributed by atoms with Crippen molar-refractivity contribution in [3.8, 4) is 0 Å². The predicted molar refractivity (Wildman–Crippen MR) is 123 cm³/mol. The lowest BCUT2D eigenvalue weighted by Crippen LogP contribution is -2.55. The summed E-state index contributed by atoms with van der Waals surface area (Å²) in [6.07, 6.45) is 3.37. The van der Waals surface area contributed by atoms with E-state index in [9.17, 15) is 13.6 Å². The van der Waals surface area contributed by atoms with Gasteiger partial charge in [-0.1, -0.05) is 0 Å². The maximum atomic E-state index is 15.1. The fourth-order valence-electron chi connectivity index (χ4n) is 4.89. The molecule has 1 saturated heterocycles. The Morgan fingerprint density at radius 2 is 2.11 bits per heavy atom. The van der Waals surface area contributed by atoms with Crippen LogP contribution in [0.5, 0.6) is 0 Å². The Bertz CT molecular complexity index is 1280. The van der Waals surface area contributed by atoms with Gasteiger partial charge in [-0.05, 0) is 38.7 Å². The van der Waals surface area contributed by atoms with Crippen molar-refractivity contribution in [3.63, 3.8) is 0 Å². The van der Waals surface area contributed by atoms with Crippen molar-refractivity contribution in [2.24, 2.45) is 0 Å². The summed E-state index contributed by atoms with van der Waals surface area (Å²) < 4.78 is 48.5. The van der Waals surface area contributed by atoms with Crippen molar-refractivity contribution in [2.75, 3.05) is 18.4 Å². The number of anilines is 2. The van der Waals surface area contributed by atoms with Crippen LogP contribution in [-0.4, -0.2) is 72.4 Å². The zero-order valence-electron chi connectivity index (χ0n) is 19.7. The number of nitrogens with zero attached hydrogens (tertiary/aromatic N) is 5. The summed E-state index contributed by atoms with van der Waals surface area (Å²) >= 11 is 0. The maximum absolute atomic E-state index is 15.1. The number of alkyl halides is 3. The summed E-state index contributed by atoms with van der Waals surface area (Å²) in [5.41, 5.74) is 1.65. The Hall–Kier alpha value is -3.35. The molecular weight excluding hydrogens is 477 g/mol. The Balaban J connectivity index is 1.10. The van der Waals surface area contributed by atoms with Crippen molar-refractivity contribution in [1.29, 1.82) is 0 Å². The zero-order chi connectivity index (χ0) is 25.1. The Kier molecular flexibility index (Phi) is 5.36. The monoisotopic (exact) mass is 504 g/mol. The van der Waals surface area contributed by atoms with Crippen molar-refractivity contribution in [2.45, 2.75) is 68.8 Å². The quantitative estimate of drug-likeness (QED) is 0.451. The van der Waals surface area contributed by atoms with Crippen LogP contribution in [0.2, 0.25) is 0 Å². The van der Waals surface area contributed by atoms with Crippen molar-refractivity contribution in [3.05, 3.63) is 35.9 Å². The summed E-state index contributed by atoms with van der Waals surface area (Å²) in [6, 6.07) is 3.44. The first-order chi connectivity index (χ1) is 17.2. The highest BCUT2D eigenvalue weighted by Gasteiger charge is 2.44. The molecule has 4 heterocycles. The number of amides is 1. The van der Waals surface area contributed by atoms with E-state index in [1.54, 1.807) is 33.8 Å². The van der Waals surface area contributed by atoms with Gasteiger partial charge in [0, 0.05) is 42.2 Å². The molecule has 1 aliphatic heterocycles. The molecule has 3 aromatic heterocycles. The molecule has 0 bridgehead atoms. The number of nitrogens with one attached hydrogen (secondary N) is 3. The van der Waals surface area contributed by atoms with Gasteiger partial charge in [0.15, 0.2) is 5.82 Å². The first-order valence-corrected chi connectivity index (χ1v) is 12.0.